The van der Waals surface area contributed by atoms with Crippen LogP contribution in [0.25, 0.3) is 0 Å². The van der Waals surface area contributed by atoms with Crippen molar-refractivity contribution in [3.63, 3.8) is 0 Å². The van der Waals surface area contributed by atoms with Gasteiger partial charge < -0.3 is 0 Å². The Balaban J connectivity index is 1.72. The van der Waals surface area contributed by atoms with Gasteiger partial charge in [-0.2, -0.15) is 0 Å². The van der Waals surface area contributed by atoms with Crippen LogP contribution in [0, 0.1) is 0 Å². The third-order valence-electron chi connectivity index (χ3n) is 3.94. The number of carbonyl (C=O) groups is 1. The SMILES string of the molecule is NNC(=O)c1cccc(CN2CCc3ccccc3C2)c1. The van der Waals surface area contributed by atoms with Crippen LogP contribution in [0.4, 0.5) is 0 Å². The average molecular weight is 281 g/mol. The number of nitrogens with one attached hydrogen (secondary N) is 1. The van der Waals surface area contributed by atoms with Gasteiger partial charge >= 0.3 is 0 Å². The van der Waals surface area contributed by atoms with E-state index in [1.54, 1.807) is 6.07 Å². The lowest BCUT2D eigenvalue weighted by molar-refractivity contribution is 0.0953. The van der Waals surface area contributed by atoms with Crippen LogP contribution < -0.4 is 11.3 Å². The van der Waals surface area contributed by atoms with Crippen LogP contribution in [0.2, 0.25) is 0 Å². The van der Waals surface area contributed by atoms with Crippen molar-refractivity contribution < 1.29 is 4.79 Å². The number of nitrogen functional groups attached to an aromatic ring is 1. The molecule has 4 nitrogen and oxygen atoms in total. The minimum atomic E-state index is -0.249. The van der Waals surface area contributed by atoms with E-state index in [4.69, 9.17) is 5.84 Å². The smallest absolute Gasteiger partial charge is 0.265 e. The molecule has 0 aliphatic carbocycles. The van der Waals surface area contributed by atoms with Gasteiger partial charge in [0.05, 0.1) is 0 Å². The molecule has 1 heterocycles. The second kappa shape index (κ2) is 6.08. The van der Waals surface area contributed by atoms with Gasteiger partial charge in [0, 0.05) is 25.2 Å². The molecule has 0 saturated heterocycles. The molecule has 0 spiro atoms. The van der Waals surface area contributed by atoms with Gasteiger partial charge in [0.2, 0.25) is 0 Å². The van der Waals surface area contributed by atoms with Crippen LogP contribution >= 0.6 is 0 Å². The number of nitrogens with two attached hydrogens (primary N) is 1. The lowest BCUT2D eigenvalue weighted by Gasteiger charge is -2.28. The number of rotatable bonds is 3. The van der Waals surface area contributed by atoms with Crippen molar-refractivity contribution in [2.75, 3.05) is 6.54 Å². The van der Waals surface area contributed by atoms with Gasteiger partial charge in [-0.05, 0) is 35.2 Å². The Morgan fingerprint density at radius 2 is 1.95 bits per heavy atom. The Morgan fingerprint density at radius 3 is 2.76 bits per heavy atom. The Hall–Kier alpha value is -2.17. The zero-order valence-corrected chi connectivity index (χ0v) is 11.9. The lowest BCUT2D eigenvalue weighted by atomic mass is 9.99. The maximum Gasteiger partial charge on any atom is 0.265 e. The first-order chi connectivity index (χ1) is 10.3. The molecule has 0 bridgehead atoms. The first-order valence-electron chi connectivity index (χ1n) is 7.15. The van der Waals surface area contributed by atoms with Crippen LogP contribution in [-0.2, 0) is 19.5 Å². The molecule has 3 rings (SSSR count). The number of benzene rings is 2. The summed E-state index contributed by atoms with van der Waals surface area (Å²) in [5, 5.41) is 0. The summed E-state index contributed by atoms with van der Waals surface area (Å²) >= 11 is 0. The summed E-state index contributed by atoms with van der Waals surface area (Å²) in [6.45, 7) is 2.85. The second-order valence-electron chi connectivity index (χ2n) is 5.40. The second-order valence-corrected chi connectivity index (χ2v) is 5.40. The Labute approximate surface area is 124 Å². The van der Waals surface area contributed by atoms with Crippen molar-refractivity contribution in [1.29, 1.82) is 0 Å². The predicted molar refractivity (Wildman–Crippen MR) is 82.4 cm³/mol. The summed E-state index contributed by atoms with van der Waals surface area (Å²) in [5.74, 6) is 4.93. The third kappa shape index (κ3) is 3.12. The number of nitrogens with zero attached hydrogens (tertiary/aromatic N) is 1. The van der Waals surface area contributed by atoms with Gasteiger partial charge in [0.25, 0.3) is 5.91 Å². The normalized spacial score (nSPS) is 14.5. The van der Waals surface area contributed by atoms with Crippen molar-refractivity contribution in [2.24, 2.45) is 5.84 Å². The molecule has 1 amide bonds. The fraction of sp³-hybridized carbons (Fsp3) is 0.235. The minimum Gasteiger partial charge on any atom is -0.294 e. The standard InChI is InChI=1S/C17H19N3O/c18-19-17(21)15-7-3-4-13(10-15)11-20-9-8-14-5-1-2-6-16(14)12-20/h1-7,10H,8-9,11-12,18H2,(H,19,21). The van der Waals surface area contributed by atoms with Gasteiger partial charge in [-0.15, -0.1) is 0 Å². The van der Waals surface area contributed by atoms with Crippen molar-refractivity contribution in [3.8, 4) is 0 Å². The van der Waals surface area contributed by atoms with E-state index >= 15 is 0 Å². The van der Waals surface area contributed by atoms with E-state index in [9.17, 15) is 4.79 Å². The van der Waals surface area contributed by atoms with Gasteiger partial charge in [0.15, 0.2) is 0 Å². The fourth-order valence-electron chi connectivity index (χ4n) is 2.84. The summed E-state index contributed by atoms with van der Waals surface area (Å²) in [7, 11) is 0. The molecule has 0 saturated carbocycles. The largest absolute Gasteiger partial charge is 0.294 e. The highest BCUT2D eigenvalue weighted by atomic mass is 16.2. The molecular weight excluding hydrogens is 262 g/mol. The van der Waals surface area contributed by atoms with E-state index in [1.807, 2.05) is 18.2 Å². The van der Waals surface area contributed by atoms with E-state index in [1.165, 1.54) is 11.1 Å². The molecule has 1 aliphatic heterocycles. The number of amides is 1. The highest BCUT2D eigenvalue weighted by Crippen LogP contribution is 2.20. The van der Waals surface area contributed by atoms with Gasteiger partial charge in [-0.3, -0.25) is 15.1 Å². The summed E-state index contributed by atoms with van der Waals surface area (Å²) in [6.07, 6.45) is 1.08. The molecule has 21 heavy (non-hydrogen) atoms. The molecule has 0 aromatic heterocycles. The number of carbonyl (C=O) groups excluding carboxylic acids is 1. The molecule has 0 radical (unpaired) electrons. The molecule has 4 heteroatoms. The highest BCUT2D eigenvalue weighted by Gasteiger charge is 2.16. The molecule has 2 aromatic carbocycles. The molecule has 1 aliphatic rings. The van der Waals surface area contributed by atoms with Gasteiger partial charge in [-0.1, -0.05) is 36.4 Å². The van der Waals surface area contributed by atoms with E-state index < -0.39 is 0 Å². The van der Waals surface area contributed by atoms with Crippen molar-refractivity contribution in [2.45, 2.75) is 19.5 Å². The summed E-state index contributed by atoms with van der Waals surface area (Å²) < 4.78 is 0. The number of hydrogen-bond donors (Lipinski definition) is 2. The van der Waals surface area contributed by atoms with E-state index in [-0.39, 0.29) is 5.91 Å². The third-order valence-corrected chi connectivity index (χ3v) is 3.94. The predicted octanol–water partition coefficient (Wildman–Crippen LogP) is 1.85. The Kier molecular flexibility index (Phi) is 3.99. The average Bonchev–Trinajstić information content (AvgIpc) is 2.54. The van der Waals surface area contributed by atoms with Crippen LogP contribution in [0.15, 0.2) is 48.5 Å². The van der Waals surface area contributed by atoms with Crippen molar-refractivity contribution >= 4 is 5.91 Å². The molecule has 2 aromatic rings. The fourth-order valence-corrected chi connectivity index (χ4v) is 2.84. The Bertz CT molecular complexity index is 654. The topological polar surface area (TPSA) is 58.4 Å². The molecule has 0 fully saturated rings. The van der Waals surface area contributed by atoms with Crippen LogP contribution in [-0.4, -0.2) is 17.4 Å². The first-order valence-corrected chi connectivity index (χ1v) is 7.15. The zero-order chi connectivity index (χ0) is 14.7. The monoisotopic (exact) mass is 281 g/mol. The molecule has 3 N–H and O–H groups in total. The maximum atomic E-state index is 11.6. The van der Waals surface area contributed by atoms with Gasteiger partial charge in [0.1, 0.15) is 0 Å². The van der Waals surface area contributed by atoms with Crippen molar-refractivity contribution in [3.05, 3.63) is 70.8 Å². The van der Waals surface area contributed by atoms with Crippen LogP contribution in [0.5, 0.6) is 0 Å². The molecular formula is C17H19N3O. The summed E-state index contributed by atoms with van der Waals surface area (Å²) in [4.78, 5) is 14.0. The number of hydrogen-bond acceptors (Lipinski definition) is 3. The van der Waals surface area contributed by atoms with E-state index in [0.717, 1.165) is 31.6 Å². The summed E-state index contributed by atoms with van der Waals surface area (Å²) in [6, 6.07) is 16.2. The van der Waals surface area contributed by atoms with Crippen molar-refractivity contribution in [1.82, 2.24) is 10.3 Å². The lowest BCUT2D eigenvalue weighted by Crippen LogP contribution is -2.31. The highest BCUT2D eigenvalue weighted by molar-refractivity contribution is 5.93. The number of hydrazine groups is 1. The maximum absolute atomic E-state index is 11.6. The molecule has 0 atom stereocenters. The minimum absolute atomic E-state index is 0.249. The van der Waals surface area contributed by atoms with Gasteiger partial charge in [-0.25, -0.2) is 5.84 Å². The van der Waals surface area contributed by atoms with Crippen LogP contribution in [0.3, 0.4) is 0 Å². The number of fused-ring (bicyclic) bond motifs is 1. The summed E-state index contributed by atoms with van der Waals surface area (Å²) in [5.41, 5.74) is 6.76. The van der Waals surface area contributed by atoms with E-state index in [0.29, 0.717) is 5.56 Å². The quantitative estimate of drug-likeness (QED) is 0.513. The zero-order valence-electron chi connectivity index (χ0n) is 11.9. The Morgan fingerprint density at radius 1 is 1.14 bits per heavy atom. The first kappa shape index (κ1) is 13.8. The molecule has 0 unspecified atom stereocenters. The van der Waals surface area contributed by atoms with Crippen LogP contribution in [0.1, 0.15) is 27.0 Å². The van der Waals surface area contributed by atoms with E-state index in [2.05, 4.69) is 34.6 Å². The molecule has 108 valence electrons.